The van der Waals surface area contributed by atoms with Crippen LogP contribution < -0.4 is 5.32 Å². The van der Waals surface area contributed by atoms with Gasteiger partial charge in [0.25, 0.3) is 0 Å². The molecule has 1 aromatic rings. The first-order chi connectivity index (χ1) is 9.22. The van der Waals surface area contributed by atoms with E-state index < -0.39 is 0 Å². The topological polar surface area (TPSA) is 35.8 Å². The highest BCUT2D eigenvalue weighted by Crippen LogP contribution is 2.26. The van der Waals surface area contributed by atoms with Crippen molar-refractivity contribution in [1.82, 2.24) is 5.32 Å². The Balaban J connectivity index is 1.87. The predicted molar refractivity (Wildman–Crippen MR) is 74.0 cm³/mol. The minimum atomic E-state index is -0.228. The summed E-state index contributed by atoms with van der Waals surface area (Å²) in [5, 5.41) is 12.3. The second-order valence-corrected chi connectivity index (χ2v) is 5.42. The second kappa shape index (κ2) is 6.68. The lowest BCUT2D eigenvalue weighted by Gasteiger charge is -2.28. The summed E-state index contributed by atoms with van der Waals surface area (Å²) in [5.41, 5.74) is 1.12. The number of halogens is 1. The number of nitriles is 1. The molecule has 0 unspecified atom stereocenters. The van der Waals surface area contributed by atoms with Crippen molar-refractivity contribution in [1.29, 1.82) is 5.26 Å². The maximum Gasteiger partial charge on any atom is 0.127 e. The van der Waals surface area contributed by atoms with Gasteiger partial charge >= 0.3 is 0 Å². The molecule has 1 N–H and O–H groups in total. The van der Waals surface area contributed by atoms with Gasteiger partial charge in [-0.15, -0.1) is 0 Å². The van der Waals surface area contributed by atoms with E-state index in [-0.39, 0.29) is 5.82 Å². The van der Waals surface area contributed by atoms with Crippen LogP contribution in [0.2, 0.25) is 0 Å². The molecule has 1 saturated carbocycles. The Bertz CT molecular complexity index is 456. The van der Waals surface area contributed by atoms with Crippen LogP contribution in [-0.2, 0) is 6.54 Å². The molecule has 0 aromatic heterocycles. The monoisotopic (exact) mass is 260 g/mol. The first kappa shape index (κ1) is 14.0. The smallest absolute Gasteiger partial charge is 0.127 e. The van der Waals surface area contributed by atoms with E-state index in [1.165, 1.54) is 44.2 Å². The fourth-order valence-electron chi connectivity index (χ4n) is 2.81. The van der Waals surface area contributed by atoms with Gasteiger partial charge in [-0.3, -0.25) is 0 Å². The summed E-state index contributed by atoms with van der Waals surface area (Å²) in [6.07, 6.45) is 6.17. The van der Waals surface area contributed by atoms with E-state index in [9.17, 15) is 4.39 Å². The summed E-state index contributed by atoms with van der Waals surface area (Å²) >= 11 is 0. The van der Waals surface area contributed by atoms with Gasteiger partial charge < -0.3 is 5.32 Å². The summed E-state index contributed by atoms with van der Waals surface area (Å²) < 4.78 is 13.6. The van der Waals surface area contributed by atoms with Crippen molar-refractivity contribution in [2.45, 2.75) is 51.6 Å². The van der Waals surface area contributed by atoms with Gasteiger partial charge in [0.2, 0.25) is 0 Å². The van der Waals surface area contributed by atoms with Crippen molar-refractivity contribution in [2.75, 3.05) is 0 Å². The van der Waals surface area contributed by atoms with Crippen LogP contribution in [0.25, 0.3) is 0 Å². The quantitative estimate of drug-likeness (QED) is 0.894. The Labute approximate surface area is 114 Å². The van der Waals surface area contributed by atoms with Crippen LogP contribution in [0.3, 0.4) is 0 Å². The van der Waals surface area contributed by atoms with Gasteiger partial charge in [0.05, 0.1) is 11.6 Å². The van der Waals surface area contributed by atoms with Crippen LogP contribution in [0.15, 0.2) is 18.2 Å². The summed E-state index contributed by atoms with van der Waals surface area (Å²) in [6, 6.07) is 7.08. The molecule has 1 fully saturated rings. The van der Waals surface area contributed by atoms with Crippen molar-refractivity contribution in [3.63, 3.8) is 0 Å². The molecule has 0 amide bonds. The third-order valence-corrected chi connectivity index (χ3v) is 4.18. The molecule has 0 heterocycles. The first-order valence-corrected chi connectivity index (χ1v) is 7.14. The molecule has 1 aliphatic rings. The van der Waals surface area contributed by atoms with E-state index in [1.807, 2.05) is 0 Å². The predicted octanol–water partition coefficient (Wildman–Crippen LogP) is 3.76. The summed E-state index contributed by atoms with van der Waals surface area (Å²) in [7, 11) is 0. The number of hydrogen-bond donors (Lipinski definition) is 1. The van der Waals surface area contributed by atoms with Crippen LogP contribution in [0, 0.1) is 23.1 Å². The minimum Gasteiger partial charge on any atom is -0.310 e. The fourth-order valence-corrected chi connectivity index (χ4v) is 2.81. The number of benzene rings is 1. The highest BCUT2D eigenvalue weighted by atomic mass is 19.1. The maximum absolute atomic E-state index is 13.6. The van der Waals surface area contributed by atoms with Gasteiger partial charge in [0.1, 0.15) is 5.82 Å². The molecule has 2 nitrogen and oxygen atoms in total. The lowest BCUT2D eigenvalue weighted by molar-refractivity contribution is 0.284. The number of hydrogen-bond acceptors (Lipinski definition) is 2. The van der Waals surface area contributed by atoms with Gasteiger partial charge in [0.15, 0.2) is 0 Å². The Hall–Kier alpha value is -1.40. The van der Waals surface area contributed by atoms with E-state index in [1.54, 1.807) is 6.07 Å². The van der Waals surface area contributed by atoms with Crippen LogP contribution in [0.1, 0.15) is 50.2 Å². The molecule has 102 valence electrons. The maximum atomic E-state index is 13.6. The van der Waals surface area contributed by atoms with Gasteiger partial charge in [-0.25, -0.2) is 4.39 Å². The normalized spacial score (nSPS) is 23.0. The lowest BCUT2D eigenvalue weighted by atomic mass is 9.84. The second-order valence-electron chi connectivity index (χ2n) is 5.42. The van der Waals surface area contributed by atoms with Gasteiger partial charge in [-0.2, -0.15) is 5.26 Å². The van der Waals surface area contributed by atoms with E-state index in [2.05, 4.69) is 18.3 Å². The van der Waals surface area contributed by atoms with E-state index in [0.29, 0.717) is 23.7 Å². The largest absolute Gasteiger partial charge is 0.310 e. The Morgan fingerprint density at radius 3 is 2.68 bits per heavy atom. The highest BCUT2D eigenvalue weighted by Gasteiger charge is 2.19. The molecule has 0 saturated heterocycles. The molecule has 0 aliphatic heterocycles. The van der Waals surface area contributed by atoms with Crippen molar-refractivity contribution >= 4 is 0 Å². The molecule has 2 rings (SSSR count). The molecule has 1 aromatic carbocycles. The zero-order chi connectivity index (χ0) is 13.7. The molecular weight excluding hydrogens is 239 g/mol. The first-order valence-electron chi connectivity index (χ1n) is 7.14. The van der Waals surface area contributed by atoms with Crippen LogP contribution in [0.4, 0.5) is 4.39 Å². The highest BCUT2D eigenvalue weighted by molar-refractivity contribution is 5.33. The molecule has 0 radical (unpaired) electrons. The van der Waals surface area contributed by atoms with Crippen molar-refractivity contribution in [3.05, 3.63) is 35.1 Å². The van der Waals surface area contributed by atoms with E-state index in [4.69, 9.17) is 5.26 Å². The third-order valence-electron chi connectivity index (χ3n) is 4.18. The van der Waals surface area contributed by atoms with Gasteiger partial charge in [-0.1, -0.05) is 13.3 Å². The van der Waals surface area contributed by atoms with E-state index in [0.717, 1.165) is 5.92 Å². The van der Waals surface area contributed by atoms with E-state index >= 15 is 0 Å². The Kier molecular flexibility index (Phi) is 4.93. The standard InChI is InChI=1S/C16H21FN2/c1-2-12-3-6-15(7-4-12)19-11-14-9-13(10-18)5-8-16(14)17/h5,8-9,12,15,19H,2-4,6-7,11H2,1H3. The summed E-state index contributed by atoms with van der Waals surface area (Å²) in [5.74, 6) is 0.644. The minimum absolute atomic E-state index is 0.228. The van der Waals surface area contributed by atoms with Gasteiger partial charge in [-0.05, 0) is 49.8 Å². The average molecular weight is 260 g/mol. The number of rotatable bonds is 4. The molecular formula is C16H21FN2. The summed E-state index contributed by atoms with van der Waals surface area (Å²) in [4.78, 5) is 0. The van der Waals surface area contributed by atoms with Gasteiger partial charge in [0, 0.05) is 18.2 Å². The molecule has 0 bridgehead atoms. The Morgan fingerprint density at radius 2 is 2.05 bits per heavy atom. The molecule has 19 heavy (non-hydrogen) atoms. The average Bonchev–Trinajstić information content (AvgIpc) is 2.47. The molecule has 1 aliphatic carbocycles. The summed E-state index contributed by atoms with van der Waals surface area (Å²) in [6.45, 7) is 2.77. The third kappa shape index (κ3) is 3.78. The number of nitrogens with zero attached hydrogens (tertiary/aromatic N) is 1. The Morgan fingerprint density at radius 1 is 1.32 bits per heavy atom. The zero-order valence-corrected chi connectivity index (χ0v) is 11.5. The molecule has 3 heteroatoms. The SMILES string of the molecule is CCC1CCC(NCc2cc(C#N)ccc2F)CC1. The zero-order valence-electron chi connectivity index (χ0n) is 11.5. The van der Waals surface area contributed by atoms with Crippen LogP contribution in [0.5, 0.6) is 0 Å². The van der Waals surface area contributed by atoms with Crippen molar-refractivity contribution in [3.8, 4) is 6.07 Å². The van der Waals surface area contributed by atoms with Crippen LogP contribution in [-0.4, -0.2) is 6.04 Å². The lowest BCUT2D eigenvalue weighted by Crippen LogP contribution is -2.32. The van der Waals surface area contributed by atoms with Crippen molar-refractivity contribution < 1.29 is 4.39 Å². The number of nitrogens with one attached hydrogen (secondary N) is 1. The molecule has 0 atom stereocenters. The van der Waals surface area contributed by atoms with Crippen molar-refractivity contribution in [2.24, 2.45) is 5.92 Å². The fraction of sp³-hybridized carbons (Fsp3) is 0.562. The van der Waals surface area contributed by atoms with Crippen LogP contribution >= 0.6 is 0 Å². The molecule has 0 spiro atoms.